The minimum Gasteiger partial charge on any atom is -0.489 e. The van der Waals surface area contributed by atoms with Crippen LogP contribution < -0.4 is 4.74 Å². The number of carboxylic acid groups (broad SMARTS) is 1. The Morgan fingerprint density at radius 1 is 1.24 bits per heavy atom. The fourth-order valence-corrected chi connectivity index (χ4v) is 3.27. The Morgan fingerprint density at radius 2 is 2.00 bits per heavy atom. The van der Waals surface area contributed by atoms with Gasteiger partial charge in [0, 0.05) is 29.6 Å². The van der Waals surface area contributed by atoms with Crippen LogP contribution in [0.5, 0.6) is 5.75 Å². The van der Waals surface area contributed by atoms with E-state index in [4.69, 9.17) is 9.84 Å². The molecule has 0 saturated heterocycles. The average molecular weight is 393 g/mol. The number of ether oxygens (including phenoxy) is 1. The van der Waals surface area contributed by atoms with Crippen molar-refractivity contribution in [2.24, 2.45) is 5.92 Å². The molecule has 0 spiro atoms. The molecule has 0 amide bonds. The molecule has 0 aliphatic carbocycles. The second-order valence-electron chi connectivity index (χ2n) is 7.56. The van der Waals surface area contributed by atoms with Gasteiger partial charge in [-0.25, -0.2) is 9.67 Å². The summed E-state index contributed by atoms with van der Waals surface area (Å²) in [5.74, 6) is 0.293. The number of benzene rings is 1. The summed E-state index contributed by atoms with van der Waals surface area (Å²) in [6, 6.07) is 9.64. The van der Waals surface area contributed by atoms with E-state index >= 15 is 0 Å². The third-order valence-corrected chi connectivity index (χ3v) is 4.60. The van der Waals surface area contributed by atoms with Gasteiger partial charge in [-0.2, -0.15) is 5.10 Å². The van der Waals surface area contributed by atoms with Crippen molar-refractivity contribution in [1.29, 1.82) is 0 Å². The third kappa shape index (κ3) is 5.44. The minimum atomic E-state index is -0.812. The first kappa shape index (κ1) is 20.6. The Hall–Kier alpha value is -3.15. The van der Waals surface area contributed by atoms with Gasteiger partial charge in [0.15, 0.2) is 5.65 Å². The van der Waals surface area contributed by atoms with Crippen molar-refractivity contribution in [1.82, 2.24) is 14.8 Å². The van der Waals surface area contributed by atoms with Gasteiger partial charge in [0.25, 0.3) is 0 Å². The lowest BCUT2D eigenvalue weighted by Crippen LogP contribution is -2.06. The normalized spacial score (nSPS) is 12.7. The minimum absolute atomic E-state index is 0.0702. The molecule has 3 rings (SSSR count). The lowest BCUT2D eigenvalue weighted by atomic mass is 9.95. The molecule has 0 unspecified atom stereocenters. The summed E-state index contributed by atoms with van der Waals surface area (Å²) < 4.78 is 7.82. The van der Waals surface area contributed by atoms with E-state index < -0.39 is 5.97 Å². The van der Waals surface area contributed by atoms with Crippen LogP contribution in [0.2, 0.25) is 0 Å². The first-order valence-electron chi connectivity index (χ1n) is 9.84. The van der Waals surface area contributed by atoms with Gasteiger partial charge < -0.3 is 9.84 Å². The molecule has 0 saturated carbocycles. The highest BCUT2D eigenvalue weighted by Crippen LogP contribution is 2.24. The molecular weight excluding hydrogens is 366 g/mol. The maximum atomic E-state index is 11.1. The van der Waals surface area contributed by atoms with Gasteiger partial charge in [0.05, 0.1) is 12.6 Å². The summed E-state index contributed by atoms with van der Waals surface area (Å²) in [4.78, 5) is 15.6. The van der Waals surface area contributed by atoms with E-state index in [-0.39, 0.29) is 12.3 Å². The van der Waals surface area contributed by atoms with Crippen LogP contribution in [-0.4, -0.2) is 25.8 Å². The van der Waals surface area contributed by atoms with Gasteiger partial charge in [-0.15, -0.1) is 0 Å². The van der Waals surface area contributed by atoms with Crippen LogP contribution in [0.4, 0.5) is 0 Å². The van der Waals surface area contributed by atoms with E-state index in [1.165, 1.54) is 0 Å². The number of aromatic nitrogens is 3. The lowest BCUT2D eigenvalue weighted by molar-refractivity contribution is -0.137. The van der Waals surface area contributed by atoms with Crippen molar-refractivity contribution < 1.29 is 14.6 Å². The first-order valence-corrected chi connectivity index (χ1v) is 9.84. The maximum Gasteiger partial charge on any atom is 0.304 e. The van der Waals surface area contributed by atoms with E-state index in [1.54, 1.807) is 0 Å². The molecule has 0 aliphatic rings. The molecule has 2 aromatic heterocycles. The quantitative estimate of drug-likeness (QED) is 0.528. The standard InChI is InChI=1S/C23H27N3O3/c1-4-5-19(11-22(27)28)18-6-8-21(9-7-18)29-15-17-10-20-13-25-26(14-16(2)3)23(20)24-12-17/h4-10,12-13,16,19H,11,14-15H2,1-3H3,(H,27,28)/t19-/m1/s1. The number of carboxylic acids is 1. The second-order valence-corrected chi connectivity index (χ2v) is 7.56. The lowest BCUT2D eigenvalue weighted by Gasteiger charge is -2.12. The predicted molar refractivity (Wildman–Crippen MR) is 113 cm³/mol. The molecule has 0 radical (unpaired) electrons. The highest BCUT2D eigenvalue weighted by molar-refractivity contribution is 5.74. The molecular formula is C23H27N3O3. The van der Waals surface area contributed by atoms with E-state index in [0.29, 0.717) is 12.5 Å². The number of fused-ring (bicyclic) bond motifs is 1. The Labute approximate surface area is 170 Å². The molecule has 29 heavy (non-hydrogen) atoms. The van der Waals surface area contributed by atoms with Crippen LogP contribution in [0.1, 0.15) is 44.2 Å². The number of hydrogen-bond donors (Lipinski definition) is 1. The van der Waals surface area contributed by atoms with Crippen molar-refractivity contribution in [2.75, 3.05) is 0 Å². The number of aliphatic carboxylic acids is 1. The Balaban J connectivity index is 1.66. The van der Waals surface area contributed by atoms with Gasteiger partial charge in [0.2, 0.25) is 0 Å². The smallest absolute Gasteiger partial charge is 0.304 e. The van der Waals surface area contributed by atoms with Gasteiger partial charge in [-0.3, -0.25) is 4.79 Å². The zero-order chi connectivity index (χ0) is 20.8. The molecule has 0 bridgehead atoms. The average Bonchev–Trinajstić information content (AvgIpc) is 3.07. The summed E-state index contributed by atoms with van der Waals surface area (Å²) in [6.07, 6.45) is 7.52. The number of pyridine rings is 1. The molecule has 6 heteroatoms. The fourth-order valence-electron chi connectivity index (χ4n) is 3.27. The summed E-state index contributed by atoms with van der Waals surface area (Å²) in [5, 5.41) is 14.5. The van der Waals surface area contributed by atoms with E-state index in [9.17, 15) is 4.79 Å². The molecule has 2 heterocycles. The van der Waals surface area contributed by atoms with E-state index in [0.717, 1.165) is 34.5 Å². The molecule has 0 aliphatic heterocycles. The summed E-state index contributed by atoms with van der Waals surface area (Å²) in [6.45, 7) is 7.45. The van der Waals surface area contributed by atoms with Crippen LogP contribution in [0, 0.1) is 5.92 Å². The van der Waals surface area contributed by atoms with Crippen molar-refractivity contribution in [2.45, 2.75) is 46.3 Å². The number of rotatable bonds is 9. The Morgan fingerprint density at radius 3 is 2.66 bits per heavy atom. The largest absolute Gasteiger partial charge is 0.489 e. The monoisotopic (exact) mass is 393 g/mol. The fraction of sp³-hybridized carbons (Fsp3) is 0.348. The highest BCUT2D eigenvalue weighted by Gasteiger charge is 2.12. The van der Waals surface area contributed by atoms with Crippen molar-refractivity contribution in [3.05, 3.63) is 66.0 Å². The van der Waals surface area contributed by atoms with Gasteiger partial charge in [0.1, 0.15) is 12.4 Å². The second kappa shape index (κ2) is 9.37. The van der Waals surface area contributed by atoms with Gasteiger partial charge >= 0.3 is 5.97 Å². The number of hydrogen-bond acceptors (Lipinski definition) is 4. The molecule has 1 N–H and O–H groups in total. The van der Waals surface area contributed by atoms with Crippen LogP contribution in [-0.2, 0) is 17.9 Å². The summed E-state index contributed by atoms with van der Waals surface area (Å²) in [7, 11) is 0. The summed E-state index contributed by atoms with van der Waals surface area (Å²) in [5.41, 5.74) is 2.82. The molecule has 6 nitrogen and oxygen atoms in total. The van der Waals surface area contributed by atoms with Crippen molar-refractivity contribution in [3.8, 4) is 5.75 Å². The predicted octanol–water partition coefficient (Wildman–Crippen LogP) is 4.80. The van der Waals surface area contributed by atoms with Gasteiger partial charge in [-0.05, 0) is 36.6 Å². The number of carbonyl (C=O) groups is 1. The third-order valence-electron chi connectivity index (χ3n) is 4.60. The van der Waals surface area contributed by atoms with Crippen molar-refractivity contribution in [3.63, 3.8) is 0 Å². The van der Waals surface area contributed by atoms with Crippen LogP contribution in [0.15, 0.2) is 54.9 Å². The first-order chi connectivity index (χ1) is 14.0. The van der Waals surface area contributed by atoms with Crippen LogP contribution in [0.3, 0.4) is 0 Å². The summed E-state index contributed by atoms with van der Waals surface area (Å²) >= 11 is 0. The van der Waals surface area contributed by atoms with Crippen LogP contribution in [0.25, 0.3) is 11.0 Å². The number of allylic oxidation sites excluding steroid dienone is 2. The topological polar surface area (TPSA) is 77.2 Å². The van der Waals surface area contributed by atoms with Crippen LogP contribution >= 0.6 is 0 Å². The Bertz CT molecular complexity index is 990. The zero-order valence-corrected chi connectivity index (χ0v) is 17.1. The molecule has 1 atom stereocenters. The Kier molecular flexibility index (Phi) is 6.65. The van der Waals surface area contributed by atoms with E-state index in [1.807, 2.05) is 60.4 Å². The van der Waals surface area contributed by atoms with Crippen molar-refractivity contribution >= 4 is 17.0 Å². The van der Waals surface area contributed by atoms with Gasteiger partial charge in [-0.1, -0.05) is 38.1 Å². The SMILES string of the molecule is CC=C[C@H](CC(=O)O)c1ccc(OCc2cnc3c(cnn3CC(C)C)c2)cc1. The zero-order valence-electron chi connectivity index (χ0n) is 17.1. The molecule has 1 aromatic carbocycles. The molecule has 0 fully saturated rings. The maximum absolute atomic E-state index is 11.1. The number of nitrogens with zero attached hydrogens (tertiary/aromatic N) is 3. The van der Waals surface area contributed by atoms with E-state index in [2.05, 4.69) is 30.0 Å². The highest BCUT2D eigenvalue weighted by atomic mass is 16.5. The molecule has 3 aromatic rings. The molecule has 152 valence electrons.